The summed E-state index contributed by atoms with van der Waals surface area (Å²) >= 11 is 11.8. The molecule has 0 fully saturated rings. The van der Waals surface area contributed by atoms with Crippen LogP contribution in [0.4, 0.5) is 5.69 Å². The average molecular weight is 545 g/mol. The maximum absolute atomic E-state index is 12.3. The van der Waals surface area contributed by atoms with Crippen molar-refractivity contribution in [3.63, 3.8) is 0 Å². The lowest BCUT2D eigenvalue weighted by Crippen LogP contribution is -2.49. The van der Waals surface area contributed by atoms with Crippen molar-refractivity contribution in [2.24, 2.45) is 18.7 Å². The number of nitrogens with two attached hydrogens (primary N) is 1. The summed E-state index contributed by atoms with van der Waals surface area (Å²) < 4.78 is 1.84. The SMILES string of the molecule is CC(C)C[C@H](N)C(=O)N[C@@H](Cc1nc2cc(N(CCCl)CCCl)ccc2n1C)C(=O)O.Cl.Cl. The number of carbonyl (C=O) groups is 2. The van der Waals surface area contributed by atoms with E-state index in [1.807, 2.05) is 43.7 Å². The van der Waals surface area contributed by atoms with Gasteiger partial charge in [0.25, 0.3) is 0 Å². The number of imidazole rings is 1. The Morgan fingerprint density at radius 2 is 1.82 bits per heavy atom. The minimum absolute atomic E-state index is 0. The number of alkyl halides is 2. The minimum Gasteiger partial charge on any atom is -0.480 e. The van der Waals surface area contributed by atoms with Crippen molar-refractivity contribution in [1.29, 1.82) is 0 Å². The van der Waals surface area contributed by atoms with Crippen LogP contribution in [0, 0.1) is 5.92 Å². The highest BCUT2D eigenvalue weighted by atomic mass is 35.5. The number of carbonyl (C=O) groups excluding carboxylic acids is 1. The van der Waals surface area contributed by atoms with Gasteiger partial charge in [0.2, 0.25) is 5.91 Å². The van der Waals surface area contributed by atoms with Gasteiger partial charge in [0.05, 0.1) is 17.1 Å². The van der Waals surface area contributed by atoms with Crippen molar-refractivity contribution in [3.8, 4) is 0 Å². The molecule has 0 bridgehead atoms. The summed E-state index contributed by atoms with van der Waals surface area (Å²) in [5.41, 5.74) is 8.44. The zero-order valence-corrected chi connectivity index (χ0v) is 22.1. The van der Waals surface area contributed by atoms with E-state index in [4.69, 9.17) is 28.9 Å². The first-order chi connectivity index (χ1) is 14.7. The van der Waals surface area contributed by atoms with Crippen LogP contribution in [0.2, 0.25) is 0 Å². The van der Waals surface area contributed by atoms with Gasteiger partial charge in [0, 0.05) is 44.0 Å². The molecule has 2 rings (SSSR count). The number of nitrogens with zero attached hydrogens (tertiary/aromatic N) is 3. The number of aryl methyl sites for hydroxylation is 1. The van der Waals surface area contributed by atoms with Crippen molar-refractivity contribution in [2.75, 3.05) is 29.7 Å². The third-order valence-electron chi connectivity index (χ3n) is 5.09. The number of rotatable bonds is 12. The van der Waals surface area contributed by atoms with Gasteiger partial charge in [-0.05, 0) is 30.5 Å². The second kappa shape index (κ2) is 14.7. The molecule has 1 aromatic carbocycles. The summed E-state index contributed by atoms with van der Waals surface area (Å²) in [5, 5.41) is 12.2. The average Bonchev–Trinajstić information content (AvgIpc) is 3.01. The van der Waals surface area contributed by atoms with Crippen LogP contribution in [0.25, 0.3) is 11.0 Å². The molecule has 8 nitrogen and oxygen atoms in total. The zero-order chi connectivity index (χ0) is 23.1. The van der Waals surface area contributed by atoms with Crippen molar-refractivity contribution in [3.05, 3.63) is 24.0 Å². The van der Waals surface area contributed by atoms with E-state index in [1.54, 1.807) is 0 Å². The van der Waals surface area contributed by atoms with Crippen molar-refractivity contribution in [2.45, 2.75) is 38.8 Å². The first-order valence-corrected chi connectivity index (χ1v) is 11.4. The van der Waals surface area contributed by atoms with E-state index in [0.717, 1.165) is 16.7 Å². The fourth-order valence-corrected chi connectivity index (χ4v) is 3.88. The Kier molecular flexibility index (Phi) is 14.1. The molecule has 2 atom stereocenters. The van der Waals surface area contributed by atoms with Crippen molar-refractivity contribution < 1.29 is 14.7 Å². The molecule has 188 valence electrons. The van der Waals surface area contributed by atoms with Crippen LogP contribution in [0.1, 0.15) is 26.1 Å². The molecule has 0 saturated carbocycles. The molecule has 0 aliphatic heterocycles. The molecule has 1 aromatic heterocycles. The van der Waals surface area contributed by atoms with Crippen LogP contribution in [0.5, 0.6) is 0 Å². The Bertz CT molecular complexity index is 903. The molecule has 1 amide bonds. The smallest absolute Gasteiger partial charge is 0.326 e. The number of hydrogen-bond acceptors (Lipinski definition) is 5. The van der Waals surface area contributed by atoms with E-state index in [0.29, 0.717) is 37.1 Å². The number of anilines is 1. The molecule has 12 heteroatoms. The number of amides is 1. The molecule has 0 aliphatic rings. The van der Waals surface area contributed by atoms with Gasteiger partial charge in [-0.25, -0.2) is 9.78 Å². The second-order valence-corrected chi connectivity index (χ2v) is 8.72. The number of hydrogen-bond donors (Lipinski definition) is 3. The summed E-state index contributed by atoms with van der Waals surface area (Å²) in [5.74, 6) is 0.129. The highest BCUT2D eigenvalue weighted by Crippen LogP contribution is 2.23. The number of halogens is 4. The lowest BCUT2D eigenvalue weighted by molar-refractivity contribution is -0.142. The van der Waals surface area contributed by atoms with E-state index >= 15 is 0 Å². The van der Waals surface area contributed by atoms with Gasteiger partial charge in [0.15, 0.2) is 0 Å². The third kappa shape index (κ3) is 8.68. The summed E-state index contributed by atoms with van der Waals surface area (Å²) in [6, 6.07) is 3.97. The third-order valence-corrected chi connectivity index (χ3v) is 5.43. The number of nitrogens with one attached hydrogen (secondary N) is 1. The molecular weight excluding hydrogens is 512 g/mol. The van der Waals surface area contributed by atoms with Crippen molar-refractivity contribution in [1.82, 2.24) is 14.9 Å². The number of carboxylic acid groups (broad SMARTS) is 1. The van der Waals surface area contributed by atoms with Gasteiger partial charge in [-0.2, -0.15) is 0 Å². The van der Waals surface area contributed by atoms with Crippen LogP contribution >= 0.6 is 48.0 Å². The van der Waals surface area contributed by atoms with Crippen LogP contribution in [0.15, 0.2) is 18.2 Å². The van der Waals surface area contributed by atoms with Gasteiger partial charge in [-0.3, -0.25) is 4.79 Å². The molecule has 0 unspecified atom stereocenters. The maximum Gasteiger partial charge on any atom is 0.326 e. The van der Waals surface area contributed by atoms with Gasteiger partial charge in [-0.15, -0.1) is 48.0 Å². The Balaban J connectivity index is 0.00000512. The highest BCUT2D eigenvalue weighted by molar-refractivity contribution is 6.18. The van der Waals surface area contributed by atoms with Gasteiger partial charge in [0.1, 0.15) is 11.9 Å². The van der Waals surface area contributed by atoms with Gasteiger partial charge >= 0.3 is 5.97 Å². The molecule has 0 saturated heterocycles. The first-order valence-electron chi connectivity index (χ1n) is 10.3. The Morgan fingerprint density at radius 1 is 1.21 bits per heavy atom. The summed E-state index contributed by atoms with van der Waals surface area (Å²) in [7, 11) is 1.82. The van der Waals surface area contributed by atoms with E-state index < -0.39 is 24.0 Å². The number of fused-ring (bicyclic) bond motifs is 1. The van der Waals surface area contributed by atoms with Crippen LogP contribution < -0.4 is 16.0 Å². The summed E-state index contributed by atoms with van der Waals surface area (Å²) in [4.78, 5) is 30.8. The fraction of sp³-hybridized carbons (Fsp3) is 0.571. The fourth-order valence-electron chi connectivity index (χ4n) is 3.47. The Morgan fingerprint density at radius 3 is 2.33 bits per heavy atom. The molecule has 4 N–H and O–H groups in total. The van der Waals surface area contributed by atoms with Gasteiger partial charge < -0.3 is 25.6 Å². The van der Waals surface area contributed by atoms with E-state index in [-0.39, 0.29) is 37.2 Å². The second-order valence-electron chi connectivity index (χ2n) is 7.96. The topological polar surface area (TPSA) is 113 Å². The van der Waals surface area contributed by atoms with Crippen LogP contribution in [-0.4, -0.2) is 63.5 Å². The molecule has 33 heavy (non-hydrogen) atoms. The molecule has 2 aromatic rings. The molecule has 0 aliphatic carbocycles. The monoisotopic (exact) mass is 543 g/mol. The normalized spacial score (nSPS) is 12.6. The molecule has 0 radical (unpaired) electrons. The first kappa shape index (κ1) is 31.6. The minimum atomic E-state index is -1.13. The number of carboxylic acids is 1. The molecule has 1 heterocycles. The number of aliphatic carboxylic acids is 1. The largest absolute Gasteiger partial charge is 0.480 e. The Labute approximate surface area is 217 Å². The highest BCUT2D eigenvalue weighted by Gasteiger charge is 2.26. The predicted octanol–water partition coefficient (Wildman–Crippen LogP) is 3.19. The summed E-state index contributed by atoms with van der Waals surface area (Å²) in [6.07, 6.45) is 0.525. The quantitative estimate of drug-likeness (QED) is 0.354. The van der Waals surface area contributed by atoms with Crippen molar-refractivity contribution >= 4 is 76.6 Å². The van der Waals surface area contributed by atoms with Gasteiger partial charge in [-0.1, -0.05) is 13.8 Å². The lowest BCUT2D eigenvalue weighted by Gasteiger charge is -2.22. The zero-order valence-electron chi connectivity index (χ0n) is 19.0. The van der Waals surface area contributed by atoms with E-state index in [9.17, 15) is 14.7 Å². The van der Waals surface area contributed by atoms with Crippen LogP contribution in [0.3, 0.4) is 0 Å². The van der Waals surface area contributed by atoms with E-state index in [1.165, 1.54) is 0 Å². The predicted molar refractivity (Wildman–Crippen MR) is 140 cm³/mol. The van der Waals surface area contributed by atoms with E-state index in [2.05, 4.69) is 15.2 Å². The number of benzene rings is 1. The molecule has 0 spiro atoms. The van der Waals surface area contributed by atoms with Crippen LogP contribution in [-0.2, 0) is 23.1 Å². The summed E-state index contributed by atoms with van der Waals surface area (Å²) in [6.45, 7) is 5.22. The number of aromatic nitrogens is 2. The molecular formula is C21H33Cl4N5O3. The Hall–Kier alpha value is -1.45. The lowest BCUT2D eigenvalue weighted by atomic mass is 10.0. The standard InChI is InChI=1S/C21H31Cl2N5O3.2ClH/c1-13(2)10-15(24)20(29)26-17(21(30)31)12-19-25-16-11-14(4-5-18(16)27(19)3)28(8-6-22)9-7-23;;/h4-5,11,13,15,17H,6-10,12,24H2,1-3H3,(H,26,29)(H,30,31);2*1H/t15-,17-;;/m0../s1. The maximum atomic E-state index is 12.3.